The minimum absolute atomic E-state index is 0.174. The van der Waals surface area contributed by atoms with Crippen LogP contribution in [0, 0.1) is 0 Å². The van der Waals surface area contributed by atoms with Crippen molar-refractivity contribution in [2.45, 2.75) is 32.9 Å². The molecule has 0 saturated heterocycles. The number of amides is 1. The van der Waals surface area contributed by atoms with Crippen molar-refractivity contribution in [1.29, 1.82) is 0 Å². The predicted molar refractivity (Wildman–Crippen MR) is 90.1 cm³/mol. The van der Waals surface area contributed by atoms with Crippen molar-refractivity contribution in [1.82, 2.24) is 0 Å². The van der Waals surface area contributed by atoms with Crippen molar-refractivity contribution >= 4 is 29.1 Å². The third-order valence-corrected chi connectivity index (χ3v) is 3.69. The Morgan fingerprint density at radius 2 is 1.83 bits per heavy atom. The highest BCUT2D eigenvalue weighted by Crippen LogP contribution is 2.22. The maximum Gasteiger partial charge on any atom is 0.415 e. The molecule has 0 saturated carbocycles. The van der Waals surface area contributed by atoms with Crippen LogP contribution in [0.1, 0.15) is 36.7 Å². The molecule has 1 N–H and O–H groups in total. The molecule has 6 heteroatoms. The topological polar surface area (TPSA) is 66.8 Å². The first-order valence-corrected chi connectivity index (χ1v) is 8.05. The van der Waals surface area contributed by atoms with Crippen LogP contribution in [0.3, 0.4) is 0 Å². The largest absolute Gasteiger partial charge is 0.478 e. The standard InChI is InChI=1S/C17H19NO4S/c1-17(2,3)22-16(21)18(10-12-8-9-23-11-12)14-6-4-13(5-7-14)15(19)20/h4-9,11H,10H2,1-3H3,(H,19,20). The number of ether oxygens (including phenoxy) is 1. The molecule has 0 atom stereocenters. The highest BCUT2D eigenvalue weighted by molar-refractivity contribution is 7.07. The maximum atomic E-state index is 12.5. The number of carboxylic acid groups (broad SMARTS) is 1. The summed E-state index contributed by atoms with van der Waals surface area (Å²) in [5.74, 6) is -1.00. The summed E-state index contributed by atoms with van der Waals surface area (Å²) in [4.78, 5) is 25.0. The van der Waals surface area contributed by atoms with Gasteiger partial charge in [0.2, 0.25) is 0 Å². The van der Waals surface area contributed by atoms with Gasteiger partial charge in [-0.2, -0.15) is 11.3 Å². The maximum absolute atomic E-state index is 12.5. The van der Waals surface area contributed by atoms with E-state index in [2.05, 4.69) is 0 Å². The molecule has 0 unspecified atom stereocenters. The van der Waals surface area contributed by atoms with Crippen LogP contribution in [0.4, 0.5) is 10.5 Å². The molecule has 0 aliphatic carbocycles. The monoisotopic (exact) mass is 333 g/mol. The average molecular weight is 333 g/mol. The van der Waals surface area contributed by atoms with Crippen molar-refractivity contribution < 1.29 is 19.4 Å². The van der Waals surface area contributed by atoms with Crippen LogP contribution in [-0.2, 0) is 11.3 Å². The molecular weight excluding hydrogens is 314 g/mol. The van der Waals surface area contributed by atoms with E-state index in [1.807, 2.05) is 16.8 Å². The minimum atomic E-state index is -1.00. The van der Waals surface area contributed by atoms with E-state index in [9.17, 15) is 9.59 Å². The number of hydrogen-bond acceptors (Lipinski definition) is 4. The molecule has 2 aromatic rings. The number of carbonyl (C=O) groups excluding carboxylic acids is 1. The number of anilines is 1. The summed E-state index contributed by atoms with van der Waals surface area (Å²) in [7, 11) is 0. The molecule has 0 fully saturated rings. The normalized spacial score (nSPS) is 11.1. The molecule has 0 aliphatic heterocycles. The zero-order valence-corrected chi connectivity index (χ0v) is 14.1. The fourth-order valence-corrected chi connectivity index (χ4v) is 2.59. The van der Waals surface area contributed by atoms with Crippen LogP contribution in [-0.4, -0.2) is 22.8 Å². The van der Waals surface area contributed by atoms with Gasteiger partial charge < -0.3 is 9.84 Å². The molecule has 1 amide bonds. The Kier molecular flexibility index (Phi) is 5.05. The molecule has 1 heterocycles. The fraction of sp³-hybridized carbons (Fsp3) is 0.294. The summed E-state index contributed by atoms with van der Waals surface area (Å²) in [5.41, 5.74) is 1.15. The molecule has 0 aliphatic rings. The van der Waals surface area contributed by atoms with Crippen LogP contribution < -0.4 is 4.90 Å². The molecule has 122 valence electrons. The second-order valence-electron chi connectivity index (χ2n) is 6.05. The molecule has 0 spiro atoms. The van der Waals surface area contributed by atoms with Crippen molar-refractivity contribution in [2.24, 2.45) is 0 Å². The van der Waals surface area contributed by atoms with Gasteiger partial charge in [-0.25, -0.2) is 9.59 Å². The average Bonchev–Trinajstić information content (AvgIpc) is 2.96. The van der Waals surface area contributed by atoms with E-state index >= 15 is 0 Å². The molecule has 0 radical (unpaired) electrons. The van der Waals surface area contributed by atoms with E-state index in [1.165, 1.54) is 17.0 Å². The van der Waals surface area contributed by atoms with Gasteiger partial charge in [-0.15, -0.1) is 0 Å². The van der Waals surface area contributed by atoms with Gasteiger partial charge in [-0.1, -0.05) is 0 Å². The first-order valence-electron chi connectivity index (χ1n) is 7.11. The zero-order valence-electron chi connectivity index (χ0n) is 13.3. The lowest BCUT2D eigenvalue weighted by Gasteiger charge is -2.27. The van der Waals surface area contributed by atoms with Crippen molar-refractivity contribution in [3.63, 3.8) is 0 Å². The van der Waals surface area contributed by atoms with E-state index < -0.39 is 17.7 Å². The van der Waals surface area contributed by atoms with Gasteiger partial charge in [0.1, 0.15) is 5.60 Å². The van der Waals surface area contributed by atoms with Gasteiger partial charge in [0, 0.05) is 5.69 Å². The second kappa shape index (κ2) is 6.83. The summed E-state index contributed by atoms with van der Waals surface area (Å²) in [6.07, 6.45) is -0.466. The van der Waals surface area contributed by atoms with Crippen molar-refractivity contribution in [2.75, 3.05) is 4.90 Å². The van der Waals surface area contributed by atoms with E-state index in [4.69, 9.17) is 9.84 Å². The Hall–Kier alpha value is -2.34. The molecule has 1 aromatic heterocycles. The second-order valence-corrected chi connectivity index (χ2v) is 6.83. The van der Waals surface area contributed by atoms with Gasteiger partial charge in [0.25, 0.3) is 0 Å². The molecular formula is C17H19NO4S. The van der Waals surface area contributed by atoms with E-state index in [0.29, 0.717) is 12.2 Å². The lowest BCUT2D eigenvalue weighted by molar-refractivity contribution is 0.0577. The van der Waals surface area contributed by atoms with E-state index in [-0.39, 0.29) is 5.56 Å². The first-order chi connectivity index (χ1) is 10.8. The Bertz CT molecular complexity index is 672. The summed E-state index contributed by atoms with van der Waals surface area (Å²) in [6.45, 7) is 5.79. The number of thiophene rings is 1. The molecule has 23 heavy (non-hydrogen) atoms. The highest BCUT2D eigenvalue weighted by atomic mass is 32.1. The Morgan fingerprint density at radius 3 is 2.30 bits per heavy atom. The first kappa shape index (κ1) is 17.0. The Balaban J connectivity index is 2.28. The van der Waals surface area contributed by atoms with E-state index in [0.717, 1.165) is 5.56 Å². The number of carbonyl (C=O) groups is 2. The fourth-order valence-electron chi connectivity index (χ4n) is 1.93. The summed E-state index contributed by atoms with van der Waals surface area (Å²) in [5, 5.41) is 12.9. The van der Waals surface area contributed by atoms with Crippen LogP contribution in [0.5, 0.6) is 0 Å². The number of rotatable bonds is 4. The van der Waals surface area contributed by atoms with Gasteiger partial charge in [-0.3, -0.25) is 4.90 Å². The number of benzene rings is 1. The smallest absolute Gasteiger partial charge is 0.415 e. The summed E-state index contributed by atoms with van der Waals surface area (Å²) >= 11 is 1.55. The number of nitrogens with zero attached hydrogens (tertiary/aromatic N) is 1. The van der Waals surface area contributed by atoms with Gasteiger partial charge >= 0.3 is 12.1 Å². The number of carboxylic acids is 1. The van der Waals surface area contributed by atoms with Crippen molar-refractivity contribution in [3.8, 4) is 0 Å². The quantitative estimate of drug-likeness (QED) is 0.901. The summed E-state index contributed by atoms with van der Waals surface area (Å²) < 4.78 is 5.45. The van der Waals surface area contributed by atoms with Crippen LogP contribution >= 0.6 is 11.3 Å². The van der Waals surface area contributed by atoms with Gasteiger partial charge in [0.05, 0.1) is 12.1 Å². The van der Waals surface area contributed by atoms with Crippen LogP contribution in [0.2, 0.25) is 0 Å². The Morgan fingerprint density at radius 1 is 1.17 bits per heavy atom. The van der Waals surface area contributed by atoms with Crippen molar-refractivity contribution in [3.05, 3.63) is 52.2 Å². The third kappa shape index (κ3) is 4.82. The number of aromatic carboxylic acids is 1. The lowest BCUT2D eigenvalue weighted by Crippen LogP contribution is -2.36. The van der Waals surface area contributed by atoms with Gasteiger partial charge in [0.15, 0.2) is 0 Å². The zero-order chi connectivity index (χ0) is 17.0. The molecule has 2 rings (SSSR count). The van der Waals surface area contributed by atoms with Crippen LogP contribution in [0.25, 0.3) is 0 Å². The SMILES string of the molecule is CC(C)(C)OC(=O)N(Cc1ccsc1)c1ccc(C(=O)O)cc1. The highest BCUT2D eigenvalue weighted by Gasteiger charge is 2.24. The van der Waals surface area contributed by atoms with Crippen LogP contribution in [0.15, 0.2) is 41.1 Å². The molecule has 0 bridgehead atoms. The van der Waals surface area contributed by atoms with E-state index in [1.54, 1.807) is 44.2 Å². The predicted octanol–water partition coefficient (Wildman–Crippen LogP) is 4.39. The Labute approximate surface area is 139 Å². The lowest BCUT2D eigenvalue weighted by atomic mass is 10.2. The minimum Gasteiger partial charge on any atom is -0.478 e. The third-order valence-electron chi connectivity index (χ3n) is 2.96. The number of hydrogen-bond donors (Lipinski definition) is 1. The van der Waals surface area contributed by atoms with Gasteiger partial charge in [-0.05, 0) is 67.4 Å². The molecule has 5 nitrogen and oxygen atoms in total. The summed E-state index contributed by atoms with van der Waals surface area (Å²) in [6, 6.07) is 8.11. The molecule has 1 aromatic carbocycles.